The highest BCUT2D eigenvalue weighted by Crippen LogP contribution is 2.25. The van der Waals surface area contributed by atoms with Crippen LogP contribution in [0.3, 0.4) is 0 Å². The number of nitrogens with zero attached hydrogens (tertiary/aromatic N) is 2. The Bertz CT molecular complexity index is 568. The van der Waals surface area contributed by atoms with E-state index in [9.17, 15) is 14.7 Å². The van der Waals surface area contributed by atoms with Gasteiger partial charge in [-0.15, -0.1) is 11.8 Å². The Morgan fingerprint density at radius 3 is 2.79 bits per heavy atom. The van der Waals surface area contributed by atoms with Gasteiger partial charge in [0.05, 0.1) is 11.2 Å². The Morgan fingerprint density at radius 2 is 2.26 bits per heavy atom. The molecule has 1 fully saturated rings. The molecule has 2 heterocycles. The standard InChI is InChI=1S/C12H17N3O3S/c1-7-8(9(19-3)14-11(17)13-7)10(16)15-5-4-12(2,18)6-15/h18H,4-6H2,1-3H3,(H,13,14,17). The normalized spacial score (nSPS) is 22.8. The van der Waals surface area contributed by atoms with E-state index in [1.807, 2.05) is 0 Å². The quantitative estimate of drug-likeness (QED) is 0.606. The third kappa shape index (κ3) is 2.82. The number of H-pyrrole nitrogens is 1. The van der Waals surface area contributed by atoms with Gasteiger partial charge in [-0.1, -0.05) is 0 Å². The molecular weight excluding hydrogens is 266 g/mol. The number of amides is 1. The fraction of sp³-hybridized carbons (Fsp3) is 0.583. The van der Waals surface area contributed by atoms with Crippen molar-refractivity contribution in [1.29, 1.82) is 0 Å². The van der Waals surface area contributed by atoms with Crippen molar-refractivity contribution in [1.82, 2.24) is 14.9 Å². The van der Waals surface area contributed by atoms with Crippen LogP contribution in [0.25, 0.3) is 0 Å². The van der Waals surface area contributed by atoms with Gasteiger partial charge in [0.25, 0.3) is 5.91 Å². The summed E-state index contributed by atoms with van der Waals surface area (Å²) >= 11 is 1.27. The molecule has 6 nitrogen and oxygen atoms in total. The predicted octanol–water partition coefficient (Wildman–Crippen LogP) is 0.397. The number of hydrogen-bond acceptors (Lipinski definition) is 5. The molecule has 0 saturated carbocycles. The molecular formula is C12H17N3O3S. The summed E-state index contributed by atoms with van der Waals surface area (Å²) < 4.78 is 0. The molecule has 19 heavy (non-hydrogen) atoms. The lowest BCUT2D eigenvalue weighted by Crippen LogP contribution is -2.35. The van der Waals surface area contributed by atoms with E-state index in [1.54, 1.807) is 25.0 Å². The van der Waals surface area contributed by atoms with Crippen molar-refractivity contribution in [2.24, 2.45) is 0 Å². The van der Waals surface area contributed by atoms with Crippen LogP contribution in [0.2, 0.25) is 0 Å². The highest BCUT2D eigenvalue weighted by Gasteiger charge is 2.35. The molecule has 1 saturated heterocycles. The van der Waals surface area contributed by atoms with Crippen molar-refractivity contribution < 1.29 is 9.90 Å². The second-order valence-corrected chi connectivity index (χ2v) is 5.82. The van der Waals surface area contributed by atoms with Gasteiger partial charge in [-0.2, -0.15) is 4.98 Å². The lowest BCUT2D eigenvalue weighted by molar-refractivity contribution is 0.0569. The first kappa shape index (κ1) is 14.1. The minimum Gasteiger partial charge on any atom is -0.388 e. The molecule has 0 aliphatic carbocycles. The van der Waals surface area contributed by atoms with Crippen molar-refractivity contribution >= 4 is 17.7 Å². The minimum absolute atomic E-state index is 0.191. The van der Waals surface area contributed by atoms with E-state index < -0.39 is 11.3 Å². The molecule has 1 amide bonds. The van der Waals surface area contributed by atoms with Crippen LogP contribution in [0.4, 0.5) is 0 Å². The van der Waals surface area contributed by atoms with E-state index in [-0.39, 0.29) is 5.91 Å². The van der Waals surface area contributed by atoms with Crippen LogP contribution in [0, 0.1) is 6.92 Å². The number of nitrogens with one attached hydrogen (secondary N) is 1. The van der Waals surface area contributed by atoms with E-state index in [0.717, 1.165) is 0 Å². The number of thioether (sulfide) groups is 1. The van der Waals surface area contributed by atoms with Crippen LogP contribution in [-0.2, 0) is 0 Å². The summed E-state index contributed by atoms with van der Waals surface area (Å²) in [5.41, 5.74) is -0.351. The third-order valence-corrected chi connectivity index (χ3v) is 3.91. The lowest BCUT2D eigenvalue weighted by Gasteiger charge is -2.20. The maximum absolute atomic E-state index is 12.5. The molecule has 1 atom stereocenters. The highest BCUT2D eigenvalue weighted by atomic mass is 32.2. The van der Waals surface area contributed by atoms with Crippen LogP contribution < -0.4 is 5.69 Å². The van der Waals surface area contributed by atoms with Gasteiger partial charge in [0.1, 0.15) is 5.03 Å². The molecule has 1 aromatic heterocycles. The van der Waals surface area contributed by atoms with Gasteiger partial charge in [-0.05, 0) is 26.5 Å². The maximum atomic E-state index is 12.5. The summed E-state index contributed by atoms with van der Waals surface area (Å²) in [6, 6.07) is 0. The monoisotopic (exact) mass is 283 g/mol. The van der Waals surface area contributed by atoms with E-state index in [0.29, 0.717) is 35.8 Å². The highest BCUT2D eigenvalue weighted by molar-refractivity contribution is 7.98. The Morgan fingerprint density at radius 1 is 1.58 bits per heavy atom. The number of β-amino-alcohol motifs (C(OH)–C–C–N with tert-alkyl or cyclic N) is 1. The van der Waals surface area contributed by atoms with Crippen molar-refractivity contribution in [2.45, 2.75) is 30.9 Å². The van der Waals surface area contributed by atoms with E-state index in [2.05, 4.69) is 9.97 Å². The number of aryl methyl sites for hydroxylation is 1. The summed E-state index contributed by atoms with van der Waals surface area (Å²) in [5.74, 6) is -0.191. The fourth-order valence-electron chi connectivity index (χ4n) is 2.24. The Kier molecular flexibility index (Phi) is 3.69. The summed E-state index contributed by atoms with van der Waals surface area (Å²) in [5, 5.41) is 10.4. The van der Waals surface area contributed by atoms with Gasteiger partial charge in [-0.3, -0.25) is 4.79 Å². The Labute approximate surface area is 115 Å². The predicted molar refractivity (Wildman–Crippen MR) is 72.5 cm³/mol. The van der Waals surface area contributed by atoms with Gasteiger partial charge in [0, 0.05) is 18.8 Å². The van der Waals surface area contributed by atoms with Crippen LogP contribution in [-0.4, -0.2) is 50.8 Å². The molecule has 1 aliphatic rings. The number of rotatable bonds is 2. The average molecular weight is 283 g/mol. The number of hydrogen-bond donors (Lipinski definition) is 2. The molecule has 0 spiro atoms. The van der Waals surface area contributed by atoms with Gasteiger partial charge < -0.3 is 15.0 Å². The molecule has 0 bridgehead atoms. The van der Waals surface area contributed by atoms with E-state index >= 15 is 0 Å². The lowest BCUT2D eigenvalue weighted by atomic mass is 10.1. The van der Waals surface area contributed by atoms with Gasteiger partial charge in [-0.25, -0.2) is 4.79 Å². The molecule has 104 valence electrons. The number of aliphatic hydroxyl groups is 1. The summed E-state index contributed by atoms with van der Waals surface area (Å²) in [4.78, 5) is 31.8. The number of carbonyl (C=O) groups is 1. The zero-order valence-corrected chi connectivity index (χ0v) is 12.0. The van der Waals surface area contributed by atoms with Gasteiger partial charge in [0.15, 0.2) is 0 Å². The molecule has 0 radical (unpaired) electrons. The molecule has 2 N–H and O–H groups in total. The number of aromatic amines is 1. The smallest absolute Gasteiger partial charge is 0.346 e. The van der Waals surface area contributed by atoms with Crippen molar-refractivity contribution in [3.8, 4) is 0 Å². The first-order chi connectivity index (χ1) is 8.84. The summed E-state index contributed by atoms with van der Waals surface area (Å²) in [6.45, 7) is 4.22. The first-order valence-corrected chi connectivity index (χ1v) is 7.23. The largest absolute Gasteiger partial charge is 0.388 e. The average Bonchev–Trinajstić information content (AvgIpc) is 2.68. The van der Waals surface area contributed by atoms with Gasteiger partial charge >= 0.3 is 5.69 Å². The third-order valence-electron chi connectivity index (χ3n) is 3.23. The summed E-state index contributed by atoms with van der Waals surface area (Å²) in [6.07, 6.45) is 2.33. The zero-order valence-electron chi connectivity index (χ0n) is 11.2. The second-order valence-electron chi connectivity index (χ2n) is 5.02. The molecule has 1 aliphatic heterocycles. The fourth-order valence-corrected chi connectivity index (χ4v) is 2.85. The first-order valence-electron chi connectivity index (χ1n) is 6.00. The number of aromatic nitrogens is 2. The zero-order chi connectivity index (χ0) is 14.2. The van der Waals surface area contributed by atoms with Crippen molar-refractivity contribution in [2.75, 3.05) is 19.3 Å². The van der Waals surface area contributed by atoms with Crippen LogP contribution in [0.15, 0.2) is 9.82 Å². The second kappa shape index (κ2) is 4.97. The SMILES string of the molecule is CSc1nc(=O)[nH]c(C)c1C(=O)N1CCC(C)(O)C1. The topological polar surface area (TPSA) is 86.3 Å². The molecule has 1 aromatic rings. The van der Waals surface area contributed by atoms with E-state index in [4.69, 9.17) is 0 Å². The minimum atomic E-state index is -0.835. The van der Waals surface area contributed by atoms with Crippen LogP contribution in [0.5, 0.6) is 0 Å². The van der Waals surface area contributed by atoms with Crippen molar-refractivity contribution in [3.63, 3.8) is 0 Å². The number of carbonyl (C=O) groups excluding carboxylic acids is 1. The Hall–Kier alpha value is -1.34. The van der Waals surface area contributed by atoms with Crippen LogP contribution >= 0.6 is 11.8 Å². The van der Waals surface area contributed by atoms with Gasteiger partial charge in [0.2, 0.25) is 0 Å². The summed E-state index contributed by atoms with van der Waals surface area (Å²) in [7, 11) is 0. The van der Waals surface area contributed by atoms with Crippen LogP contribution in [0.1, 0.15) is 29.4 Å². The molecule has 2 rings (SSSR count). The maximum Gasteiger partial charge on any atom is 0.346 e. The molecule has 1 unspecified atom stereocenters. The number of likely N-dealkylation sites (tertiary alicyclic amines) is 1. The van der Waals surface area contributed by atoms with Crippen molar-refractivity contribution in [3.05, 3.63) is 21.7 Å². The Balaban J connectivity index is 2.37. The molecule has 7 heteroatoms. The molecule has 0 aromatic carbocycles. The van der Waals surface area contributed by atoms with E-state index in [1.165, 1.54) is 11.8 Å².